The van der Waals surface area contributed by atoms with Crippen molar-refractivity contribution >= 4 is 29.6 Å². The molecular formula is C23H34N4O6. The number of esters is 1. The molecule has 0 aromatic heterocycles. The Bertz CT molecular complexity index is 832. The summed E-state index contributed by atoms with van der Waals surface area (Å²) in [7, 11) is 0. The number of carbonyl (C=O) groups is 5. The Kier molecular flexibility index (Phi) is 6.90. The third-order valence-electron chi connectivity index (χ3n) is 7.30. The van der Waals surface area contributed by atoms with Crippen LogP contribution in [0.5, 0.6) is 0 Å². The predicted octanol–water partition coefficient (Wildman–Crippen LogP) is 0.0471. The van der Waals surface area contributed by atoms with Gasteiger partial charge in [-0.3, -0.25) is 19.2 Å². The van der Waals surface area contributed by atoms with Gasteiger partial charge < -0.3 is 24.8 Å². The summed E-state index contributed by atoms with van der Waals surface area (Å²) < 4.78 is 5.38. The highest BCUT2D eigenvalue weighted by atomic mass is 16.5. The van der Waals surface area contributed by atoms with Crippen LogP contribution in [0.15, 0.2) is 0 Å². The van der Waals surface area contributed by atoms with Crippen molar-refractivity contribution in [2.24, 2.45) is 5.92 Å². The standard InChI is InChI=1S/C23H34N4O6/c1-14-12-18-23(32)33-11-8-19(28)25-10-5-7-17(25)22(31)26-9-4-3-6-16(26)20(29)24-15(2)21(30)27(18)13-14/h14-18H,3-13H2,1-2H3,(H,24,29). The van der Waals surface area contributed by atoms with Crippen molar-refractivity contribution in [3.63, 3.8) is 0 Å². The smallest absolute Gasteiger partial charge is 0.328 e. The highest BCUT2D eigenvalue weighted by molar-refractivity contribution is 5.95. The van der Waals surface area contributed by atoms with E-state index in [4.69, 9.17) is 4.74 Å². The Morgan fingerprint density at radius 1 is 0.818 bits per heavy atom. The van der Waals surface area contributed by atoms with Gasteiger partial charge in [0.15, 0.2) is 0 Å². The lowest BCUT2D eigenvalue weighted by Crippen LogP contribution is -2.59. The van der Waals surface area contributed by atoms with Gasteiger partial charge in [-0.1, -0.05) is 6.92 Å². The summed E-state index contributed by atoms with van der Waals surface area (Å²) in [6, 6.07) is -2.80. The Hall–Kier alpha value is -2.65. The third-order valence-corrected chi connectivity index (χ3v) is 7.30. The highest BCUT2D eigenvalue weighted by Crippen LogP contribution is 2.27. The van der Waals surface area contributed by atoms with Crippen molar-refractivity contribution in [1.29, 1.82) is 0 Å². The van der Waals surface area contributed by atoms with E-state index in [-0.39, 0.29) is 42.6 Å². The molecule has 4 aliphatic rings. The lowest BCUT2D eigenvalue weighted by Gasteiger charge is -2.38. The van der Waals surface area contributed by atoms with Crippen LogP contribution in [0.3, 0.4) is 0 Å². The maximum absolute atomic E-state index is 13.4. The first-order valence-corrected chi connectivity index (χ1v) is 12.2. The van der Waals surface area contributed by atoms with Crippen LogP contribution in [-0.2, 0) is 28.7 Å². The van der Waals surface area contributed by atoms with Crippen LogP contribution in [0.25, 0.3) is 0 Å². The molecule has 10 nitrogen and oxygen atoms in total. The zero-order valence-electron chi connectivity index (χ0n) is 19.5. The predicted molar refractivity (Wildman–Crippen MR) is 117 cm³/mol. The first kappa shape index (κ1) is 23.5. The summed E-state index contributed by atoms with van der Waals surface area (Å²) in [5.74, 6) is -1.55. The number of hydrogen-bond acceptors (Lipinski definition) is 6. The molecule has 4 amide bonds. The molecule has 4 aliphatic heterocycles. The molecule has 0 bridgehead atoms. The van der Waals surface area contributed by atoms with Gasteiger partial charge in [0, 0.05) is 19.6 Å². The van der Waals surface area contributed by atoms with Gasteiger partial charge in [-0.05, 0) is 51.4 Å². The zero-order valence-corrected chi connectivity index (χ0v) is 19.5. The molecule has 0 aromatic rings. The maximum atomic E-state index is 13.4. The van der Waals surface area contributed by atoms with Crippen LogP contribution < -0.4 is 5.32 Å². The number of nitrogens with one attached hydrogen (secondary N) is 1. The van der Waals surface area contributed by atoms with E-state index in [0.29, 0.717) is 45.3 Å². The van der Waals surface area contributed by atoms with Crippen molar-refractivity contribution in [3.05, 3.63) is 0 Å². The first-order chi connectivity index (χ1) is 15.8. The molecule has 4 rings (SSSR count). The van der Waals surface area contributed by atoms with Crippen LogP contribution >= 0.6 is 0 Å². The molecule has 5 unspecified atom stereocenters. The topological polar surface area (TPSA) is 116 Å². The Morgan fingerprint density at radius 2 is 1.55 bits per heavy atom. The number of rotatable bonds is 0. The van der Waals surface area contributed by atoms with Crippen molar-refractivity contribution in [1.82, 2.24) is 20.0 Å². The van der Waals surface area contributed by atoms with E-state index in [1.807, 2.05) is 6.92 Å². The van der Waals surface area contributed by atoms with Crippen molar-refractivity contribution in [2.45, 2.75) is 83.0 Å². The molecule has 5 atom stereocenters. The second kappa shape index (κ2) is 9.69. The Labute approximate surface area is 193 Å². The van der Waals surface area contributed by atoms with Gasteiger partial charge in [0.2, 0.25) is 23.6 Å². The molecule has 0 radical (unpaired) electrons. The van der Waals surface area contributed by atoms with E-state index in [9.17, 15) is 24.0 Å². The van der Waals surface area contributed by atoms with Crippen molar-refractivity contribution < 1.29 is 28.7 Å². The minimum atomic E-state index is -0.825. The van der Waals surface area contributed by atoms with Crippen LogP contribution in [0.4, 0.5) is 0 Å². The maximum Gasteiger partial charge on any atom is 0.328 e. The number of nitrogens with zero attached hydrogens (tertiary/aromatic N) is 3. The molecule has 0 aliphatic carbocycles. The summed E-state index contributed by atoms with van der Waals surface area (Å²) in [6.45, 7) is 4.83. The second-order valence-electron chi connectivity index (χ2n) is 9.78. The molecule has 4 heterocycles. The van der Waals surface area contributed by atoms with Crippen LogP contribution in [0.1, 0.15) is 58.8 Å². The minimum absolute atomic E-state index is 0.00788. The molecule has 0 saturated carbocycles. The van der Waals surface area contributed by atoms with Crippen molar-refractivity contribution in [2.75, 3.05) is 26.2 Å². The van der Waals surface area contributed by atoms with Crippen molar-refractivity contribution in [3.8, 4) is 0 Å². The average molecular weight is 463 g/mol. The normalized spacial score (nSPS) is 34.5. The fourth-order valence-electron chi connectivity index (χ4n) is 5.59. The second-order valence-corrected chi connectivity index (χ2v) is 9.78. The molecule has 0 spiro atoms. The number of fused-ring (bicyclic) bond motifs is 3. The fraction of sp³-hybridized carbons (Fsp3) is 0.783. The number of carbonyl (C=O) groups excluding carboxylic acids is 5. The fourth-order valence-corrected chi connectivity index (χ4v) is 5.59. The van der Waals surface area contributed by atoms with E-state index in [2.05, 4.69) is 5.32 Å². The van der Waals surface area contributed by atoms with Crippen LogP contribution in [-0.4, -0.2) is 94.7 Å². The number of cyclic esters (lactones) is 1. The summed E-state index contributed by atoms with van der Waals surface area (Å²) in [5.41, 5.74) is 0. The van der Waals surface area contributed by atoms with Gasteiger partial charge in [0.1, 0.15) is 30.8 Å². The molecule has 0 aromatic carbocycles. The van der Waals surface area contributed by atoms with Gasteiger partial charge in [-0.25, -0.2) is 4.79 Å². The largest absolute Gasteiger partial charge is 0.464 e. The summed E-state index contributed by atoms with van der Waals surface area (Å²) in [4.78, 5) is 70.0. The van der Waals surface area contributed by atoms with E-state index in [0.717, 1.165) is 12.8 Å². The van der Waals surface area contributed by atoms with Crippen LogP contribution in [0, 0.1) is 5.92 Å². The molecule has 182 valence electrons. The van der Waals surface area contributed by atoms with Gasteiger partial charge >= 0.3 is 5.97 Å². The van der Waals surface area contributed by atoms with E-state index < -0.39 is 30.1 Å². The molecule has 33 heavy (non-hydrogen) atoms. The number of piperidine rings is 1. The van der Waals surface area contributed by atoms with Crippen LogP contribution in [0.2, 0.25) is 0 Å². The quantitative estimate of drug-likeness (QED) is 0.509. The first-order valence-electron chi connectivity index (χ1n) is 12.2. The van der Waals surface area contributed by atoms with E-state index in [1.165, 1.54) is 4.90 Å². The molecule has 4 saturated heterocycles. The SMILES string of the molecule is CC1CC2C(=O)OCCC(=O)N3CCCC3C(=O)N3CCCCC3C(=O)NC(C)C(=O)N2C1. The molecule has 4 fully saturated rings. The summed E-state index contributed by atoms with van der Waals surface area (Å²) >= 11 is 0. The number of amides is 4. The summed E-state index contributed by atoms with van der Waals surface area (Å²) in [6.07, 6.45) is 3.88. The highest BCUT2D eigenvalue weighted by Gasteiger charge is 2.44. The average Bonchev–Trinajstić information content (AvgIpc) is 3.44. The third kappa shape index (κ3) is 4.70. The van der Waals surface area contributed by atoms with Gasteiger partial charge in [0.25, 0.3) is 0 Å². The minimum Gasteiger partial charge on any atom is -0.464 e. The van der Waals surface area contributed by atoms with Gasteiger partial charge in [-0.15, -0.1) is 0 Å². The van der Waals surface area contributed by atoms with Gasteiger partial charge in [-0.2, -0.15) is 0 Å². The number of ether oxygens (including phenoxy) is 1. The zero-order chi connectivity index (χ0) is 23.7. The monoisotopic (exact) mass is 462 g/mol. The Morgan fingerprint density at radius 3 is 2.33 bits per heavy atom. The summed E-state index contributed by atoms with van der Waals surface area (Å²) in [5, 5.41) is 2.79. The van der Waals surface area contributed by atoms with Gasteiger partial charge in [0.05, 0.1) is 6.42 Å². The molecule has 10 heteroatoms. The van der Waals surface area contributed by atoms with E-state index >= 15 is 0 Å². The lowest BCUT2D eigenvalue weighted by molar-refractivity contribution is -0.156. The number of hydrogen-bond donors (Lipinski definition) is 1. The Balaban J connectivity index is 1.61. The molecular weight excluding hydrogens is 428 g/mol. The van der Waals surface area contributed by atoms with E-state index in [1.54, 1.807) is 16.7 Å². The lowest BCUT2D eigenvalue weighted by atomic mass is 9.99. The molecule has 1 N–H and O–H groups in total.